The van der Waals surface area contributed by atoms with Crippen molar-refractivity contribution >= 4 is 27.7 Å². The number of rotatable bonds is 10. The van der Waals surface area contributed by atoms with Gasteiger partial charge in [-0.2, -0.15) is 0 Å². The van der Waals surface area contributed by atoms with E-state index in [4.69, 9.17) is 9.47 Å². The molecule has 2 aromatic rings. The van der Waals surface area contributed by atoms with Gasteiger partial charge in [-0.1, -0.05) is 30.3 Å². The second-order valence-corrected chi connectivity index (χ2v) is 10.1. The van der Waals surface area contributed by atoms with Crippen molar-refractivity contribution in [1.82, 2.24) is 16.2 Å². The number of amides is 3. The third kappa shape index (κ3) is 9.90. The summed E-state index contributed by atoms with van der Waals surface area (Å²) in [5.41, 5.74) is 5.46. The van der Waals surface area contributed by atoms with E-state index in [1.54, 1.807) is 36.4 Å². The van der Waals surface area contributed by atoms with Crippen LogP contribution in [0.1, 0.15) is 36.2 Å². The van der Waals surface area contributed by atoms with E-state index < -0.39 is 33.8 Å². The van der Waals surface area contributed by atoms with E-state index in [-0.39, 0.29) is 30.4 Å². The Morgan fingerprint density at radius 2 is 1.59 bits per heavy atom. The van der Waals surface area contributed by atoms with Crippen molar-refractivity contribution < 1.29 is 32.3 Å². The molecule has 0 fully saturated rings. The highest BCUT2D eigenvalue weighted by Crippen LogP contribution is 2.13. The van der Waals surface area contributed by atoms with Gasteiger partial charge in [-0.3, -0.25) is 20.4 Å². The summed E-state index contributed by atoms with van der Waals surface area (Å²) >= 11 is 0. The monoisotopic (exact) mass is 491 g/mol. The smallest absolute Gasteiger partial charge is 0.408 e. The van der Waals surface area contributed by atoms with Gasteiger partial charge in [-0.15, -0.1) is 0 Å². The summed E-state index contributed by atoms with van der Waals surface area (Å²) < 4.78 is 33.7. The zero-order chi connectivity index (χ0) is 25.1. The van der Waals surface area contributed by atoms with E-state index in [2.05, 4.69) is 16.2 Å². The molecule has 2 aromatic carbocycles. The Labute approximate surface area is 198 Å². The van der Waals surface area contributed by atoms with Crippen molar-refractivity contribution in [3.63, 3.8) is 0 Å². The lowest BCUT2D eigenvalue weighted by Crippen LogP contribution is -2.52. The lowest BCUT2D eigenvalue weighted by molar-refractivity contribution is -0.123. The quantitative estimate of drug-likeness (QED) is 0.432. The molecule has 1 atom stereocenters. The first-order valence-corrected chi connectivity index (χ1v) is 12.6. The van der Waals surface area contributed by atoms with Crippen molar-refractivity contribution in [3.05, 3.63) is 65.7 Å². The lowest BCUT2D eigenvalue weighted by atomic mass is 10.2. The molecular formula is C23H29N3O7S. The zero-order valence-electron chi connectivity index (χ0n) is 19.2. The van der Waals surface area contributed by atoms with Gasteiger partial charge in [0.25, 0.3) is 11.8 Å². The van der Waals surface area contributed by atoms with E-state index in [0.29, 0.717) is 5.75 Å². The number of alkyl carbamates (subject to hydrolysis) is 1. The molecule has 0 bridgehead atoms. The Kier molecular flexibility index (Phi) is 9.87. The fourth-order valence-corrected chi connectivity index (χ4v) is 3.41. The second kappa shape index (κ2) is 12.6. The van der Waals surface area contributed by atoms with Gasteiger partial charge >= 0.3 is 6.09 Å². The maximum Gasteiger partial charge on any atom is 0.408 e. The molecule has 0 unspecified atom stereocenters. The van der Waals surface area contributed by atoms with Gasteiger partial charge in [0.05, 0.1) is 11.9 Å². The summed E-state index contributed by atoms with van der Waals surface area (Å²) in [6.45, 7) is 3.73. The van der Waals surface area contributed by atoms with Gasteiger partial charge in [0.1, 0.15) is 28.2 Å². The molecule has 0 aromatic heterocycles. The maximum absolute atomic E-state index is 12.6. The summed E-state index contributed by atoms with van der Waals surface area (Å²) in [6.07, 6.45) is -0.105. The van der Waals surface area contributed by atoms with Crippen LogP contribution in [0.3, 0.4) is 0 Å². The summed E-state index contributed by atoms with van der Waals surface area (Å²) in [5, 5.41) is 2.34. The Balaban J connectivity index is 1.94. The Morgan fingerprint density at radius 1 is 0.941 bits per heavy atom. The first-order chi connectivity index (χ1) is 16.0. The minimum absolute atomic E-state index is 0.0188. The Bertz CT molecular complexity index is 1070. The molecule has 2 rings (SSSR count). The molecule has 3 N–H and O–H groups in total. The predicted molar refractivity (Wildman–Crippen MR) is 126 cm³/mol. The molecule has 0 radical (unpaired) electrons. The molecule has 0 heterocycles. The molecule has 0 aliphatic heterocycles. The average molecular weight is 492 g/mol. The third-order valence-corrected chi connectivity index (χ3v) is 5.36. The fraction of sp³-hybridized carbons (Fsp3) is 0.348. The van der Waals surface area contributed by atoms with Crippen LogP contribution in [0.25, 0.3) is 0 Å². The van der Waals surface area contributed by atoms with Crippen LogP contribution in [-0.2, 0) is 26.0 Å². The van der Waals surface area contributed by atoms with E-state index in [1.807, 2.05) is 19.9 Å². The van der Waals surface area contributed by atoms with Gasteiger partial charge in [-0.05, 0) is 50.1 Å². The Morgan fingerprint density at radius 3 is 2.18 bits per heavy atom. The van der Waals surface area contributed by atoms with Crippen LogP contribution in [0.15, 0.2) is 54.6 Å². The lowest BCUT2D eigenvalue weighted by Gasteiger charge is -2.18. The minimum atomic E-state index is -3.40. The van der Waals surface area contributed by atoms with Gasteiger partial charge < -0.3 is 14.8 Å². The summed E-state index contributed by atoms with van der Waals surface area (Å²) in [7, 11) is -3.40. The number of hydrogen-bond donors (Lipinski definition) is 3. The van der Waals surface area contributed by atoms with E-state index >= 15 is 0 Å². The highest BCUT2D eigenvalue weighted by Gasteiger charge is 2.24. The molecule has 0 saturated heterocycles. The first-order valence-electron chi connectivity index (χ1n) is 10.6. The normalized spacial score (nSPS) is 11.9. The molecule has 3 amide bonds. The largest absolute Gasteiger partial charge is 0.491 e. The molecule has 11 heteroatoms. The van der Waals surface area contributed by atoms with Crippen LogP contribution < -0.4 is 20.9 Å². The van der Waals surface area contributed by atoms with Gasteiger partial charge in [0, 0.05) is 11.8 Å². The molecule has 0 aliphatic carbocycles. The van der Waals surface area contributed by atoms with Crippen molar-refractivity contribution in [2.45, 2.75) is 39.0 Å². The molecular weight excluding hydrogens is 462 g/mol. The van der Waals surface area contributed by atoms with E-state index in [1.165, 1.54) is 12.1 Å². The SMILES string of the molecule is CC(C)Oc1ccc(C(=O)NNC(=O)[C@@H](CCS(C)(=O)=O)NC(=O)OCc2ccccc2)cc1. The number of carbonyl (C=O) groups excluding carboxylic acids is 3. The molecule has 0 aliphatic rings. The van der Waals surface area contributed by atoms with Gasteiger partial charge in [0.2, 0.25) is 0 Å². The summed E-state index contributed by atoms with van der Waals surface area (Å²) in [4.78, 5) is 37.1. The van der Waals surface area contributed by atoms with Gasteiger partial charge in [-0.25, -0.2) is 13.2 Å². The highest BCUT2D eigenvalue weighted by molar-refractivity contribution is 7.90. The van der Waals surface area contributed by atoms with Crippen molar-refractivity contribution in [2.75, 3.05) is 12.0 Å². The standard InChI is InChI=1S/C23H29N3O7S/c1-16(2)33-19-11-9-18(10-12-19)21(27)25-26-22(28)20(13-14-34(3,30)31)24-23(29)32-15-17-7-5-4-6-8-17/h4-12,16,20H,13-15H2,1-3H3,(H,24,29)(H,25,27)(H,26,28)/t20-/m1/s1. The third-order valence-electron chi connectivity index (χ3n) is 4.39. The summed E-state index contributed by atoms with van der Waals surface area (Å²) in [5.74, 6) is -1.16. The summed E-state index contributed by atoms with van der Waals surface area (Å²) in [6, 6.07) is 14.0. The number of ether oxygens (including phenoxy) is 2. The van der Waals surface area contributed by atoms with Crippen LogP contribution in [-0.4, -0.2) is 50.5 Å². The minimum Gasteiger partial charge on any atom is -0.491 e. The fourth-order valence-electron chi connectivity index (χ4n) is 2.74. The van der Waals surface area contributed by atoms with Crippen LogP contribution >= 0.6 is 0 Å². The topological polar surface area (TPSA) is 140 Å². The Hall–Kier alpha value is -3.60. The molecule has 184 valence electrons. The number of hydrazine groups is 1. The molecule has 0 saturated carbocycles. The highest BCUT2D eigenvalue weighted by atomic mass is 32.2. The molecule has 34 heavy (non-hydrogen) atoms. The number of benzene rings is 2. The van der Waals surface area contributed by atoms with Crippen LogP contribution in [0, 0.1) is 0 Å². The van der Waals surface area contributed by atoms with Crippen molar-refractivity contribution in [2.24, 2.45) is 0 Å². The van der Waals surface area contributed by atoms with Crippen molar-refractivity contribution in [3.8, 4) is 5.75 Å². The van der Waals surface area contributed by atoms with Crippen molar-refractivity contribution in [1.29, 1.82) is 0 Å². The maximum atomic E-state index is 12.6. The number of sulfone groups is 1. The number of hydrogen-bond acceptors (Lipinski definition) is 7. The molecule has 0 spiro atoms. The predicted octanol–water partition coefficient (Wildman–Crippen LogP) is 1.96. The van der Waals surface area contributed by atoms with Crippen LogP contribution in [0.2, 0.25) is 0 Å². The van der Waals surface area contributed by atoms with Gasteiger partial charge in [0.15, 0.2) is 0 Å². The molecule has 10 nitrogen and oxygen atoms in total. The average Bonchev–Trinajstić information content (AvgIpc) is 2.78. The van der Waals surface area contributed by atoms with Crippen LogP contribution in [0.5, 0.6) is 5.75 Å². The zero-order valence-corrected chi connectivity index (χ0v) is 20.1. The van der Waals surface area contributed by atoms with E-state index in [9.17, 15) is 22.8 Å². The van der Waals surface area contributed by atoms with Crippen LogP contribution in [0.4, 0.5) is 4.79 Å². The first kappa shape index (κ1) is 26.7. The number of carbonyl (C=O) groups is 3. The number of nitrogens with one attached hydrogen (secondary N) is 3. The van der Waals surface area contributed by atoms with E-state index in [0.717, 1.165) is 11.8 Å². The second-order valence-electron chi connectivity index (χ2n) is 7.81.